The number of hydrogen-bond acceptors (Lipinski definition) is 4. The highest BCUT2D eigenvalue weighted by Crippen LogP contribution is 2.38. The first kappa shape index (κ1) is 29.1. The molecule has 0 aromatic heterocycles. The van der Waals surface area contributed by atoms with E-state index in [1.165, 1.54) is 12.1 Å². The van der Waals surface area contributed by atoms with Crippen LogP contribution in [-0.4, -0.2) is 33.1 Å². The molecule has 0 unspecified atom stereocenters. The molecule has 1 saturated heterocycles. The number of benzene rings is 3. The maximum absolute atomic E-state index is 13.2. The number of halogens is 6. The standard InChI is InChI=1S/C27H26F6N2O3S/c28-26(29,30)22-15-20(16-23(17-22)27(31,32)33)18-38-19-25(21-7-3-1-4-8-21)11-13-35(14-12-25)34-39(36,37)24-9-5-2-6-10-24/h1-10,15-17,34H,11-14,18-19H2. The quantitative estimate of drug-likeness (QED) is 0.328. The van der Waals surface area contributed by atoms with Crippen molar-refractivity contribution in [2.24, 2.45) is 0 Å². The lowest BCUT2D eigenvalue weighted by molar-refractivity contribution is -0.143. The van der Waals surface area contributed by atoms with Crippen molar-refractivity contribution in [1.29, 1.82) is 0 Å². The van der Waals surface area contributed by atoms with Crippen LogP contribution in [0.3, 0.4) is 0 Å². The molecule has 1 fully saturated rings. The van der Waals surface area contributed by atoms with Gasteiger partial charge in [-0.15, -0.1) is 4.83 Å². The Morgan fingerprint density at radius 1 is 0.795 bits per heavy atom. The molecule has 1 aliphatic rings. The van der Waals surface area contributed by atoms with Gasteiger partial charge < -0.3 is 4.74 Å². The summed E-state index contributed by atoms with van der Waals surface area (Å²) >= 11 is 0. The van der Waals surface area contributed by atoms with E-state index in [1.807, 2.05) is 30.3 Å². The molecule has 1 N–H and O–H groups in total. The minimum absolute atomic E-state index is 0.0217. The zero-order chi connectivity index (χ0) is 28.3. The Kier molecular flexibility index (Phi) is 8.41. The van der Waals surface area contributed by atoms with Crippen molar-refractivity contribution >= 4 is 10.0 Å². The van der Waals surface area contributed by atoms with E-state index >= 15 is 0 Å². The van der Waals surface area contributed by atoms with Crippen molar-refractivity contribution in [1.82, 2.24) is 9.84 Å². The smallest absolute Gasteiger partial charge is 0.376 e. The summed E-state index contributed by atoms with van der Waals surface area (Å²) in [5.74, 6) is 0. The van der Waals surface area contributed by atoms with E-state index in [0.29, 0.717) is 38.1 Å². The average molecular weight is 573 g/mol. The lowest BCUT2D eigenvalue weighted by atomic mass is 9.73. The van der Waals surface area contributed by atoms with E-state index in [2.05, 4.69) is 4.83 Å². The Labute approximate surface area is 222 Å². The predicted molar refractivity (Wildman–Crippen MR) is 132 cm³/mol. The SMILES string of the molecule is O=S(=O)(NN1CCC(COCc2cc(C(F)(F)F)cc(C(F)(F)F)c2)(c2ccccc2)CC1)c1ccccc1. The summed E-state index contributed by atoms with van der Waals surface area (Å²) < 4.78 is 111. The van der Waals surface area contributed by atoms with Crippen molar-refractivity contribution in [3.8, 4) is 0 Å². The second-order valence-corrected chi connectivity index (χ2v) is 11.1. The Morgan fingerprint density at radius 2 is 1.31 bits per heavy atom. The van der Waals surface area contributed by atoms with E-state index in [0.717, 1.165) is 5.56 Å². The first-order valence-electron chi connectivity index (χ1n) is 12.0. The number of sulfonamides is 1. The normalized spacial score (nSPS) is 16.8. The first-order chi connectivity index (χ1) is 18.3. The van der Waals surface area contributed by atoms with Gasteiger partial charge in [0.05, 0.1) is 29.2 Å². The van der Waals surface area contributed by atoms with Crippen LogP contribution in [0.15, 0.2) is 83.8 Å². The maximum Gasteiger partial charge on any atom is 0.416 e. The van der Waals surface area contributed by atoms with Gasteiger partial charge >= 0.3 is 12.4 Å². The third-order valence-electron chi connectivity index (χ3n) is 6.70. The second kappa shape index (κ2) is 11.3. The van der Waals surface area contributed by atoms with E-state index in [1.54, 1.807) is 23.2 Å². The number of ether oxygens (including phenoxy) is 1. The Bertz CT molecular complexity index is 1320. The summed E-state index contributed by atoms with van der Waals surface area (Å²) in [6.07, 6.45) is -9.02. The first-order valence-corrected chi connectivity index (χ1v) is 13.5. The molecule has 0 atom stereocenters. The van der Waals surface area contributed by atoms with E-state index in [9.17, 15) is 34.8 Å². The second-order valence-electron chi connectivity index (χ2n) is 9.45. The van der Waals surface area contributed by atoms with Crippen LogP contribution in [0.2, 0.25) is 0 Å². The largest absolute Gasteiger partial charge is 0.416 e. The number of hydrazine groups is 1. The number of rotatable bonds is 8. The molecular formula is C27H26F6N2O3S. The molecule has 3 aromatic carbocycles. The van der Waals surface area contributed by atoms with Gasteiger partial charge in [0.25, 0.3) is 10.0 Å². The molecule has 0 radical (unpaired) electrons. The minimum Gasteiger partial charge on any atom is -0.376 e. The van der Waals surface area contributed by atoms with Gasteiger partial charge in [-0.25, -0.2) is 13.4 Å². The van der Waals surface area contributed by atoms with Gasteiger partial charge in [-0.05, 0) is 54.3 Å². The molecule has 5 nitrogen and oxygen atoms in total. The molecule has 1 aliphatic heterocycles. The van der Waals surface area contributed by atoms with Gasteiger partial charge in [0.15, 0.2) is 0 Å². The monoisotopic (exact) mass is 572 g/mol. The van der Waals surface area contributed by atoms with Gasteiger partial charge in [-0.3, -0.25) is 0 Å². The lowest BCUT2D eigenvalue weighted by Crippen LogP contribution is -2.51. The molecule has 210 valence electrons. The minimum atomic E-state index is -4.94. The molecule has 1 heterocycles. The highest BCUT2D eigenvalue weighted by atomic mass is 32.2. The lowest BCUT2D eigenvalue weighted by Gasteiger charge is -2.42. The van der Waals surface area contributed by atoms with Crippen molar-refractivity contribution in [2.45, 2.75) is 42.1 Å². The summed E-state index contributed by atoms with van der Waals surface area (Å²) in [4.78, 5) is 2.69. The number of piperidine rings is 1. The van der Waals surface area contributed by atoms with Crippen LogP contribution in [0.5, 0.6) is 0 Å². The number of nitrogens with one attached hydrogen (secondary N) is 1. The summed E-state index contributed by atoms with van der Waals surface area (Å²) in [6.45, 7) is 0.192. The Morgan fingerprint density at radius 3 is 1.82 bits per heavy atom. The fourth-order valence-electron chi connectivity index (χ4n) is 4.62. The topological polar surface area (TPSA) is 58.6 Å². The van der Waals surface area contributed by atoms with Crippen molar-refractivity contribution in [3.05, 3.63) is 101 Å². The van der Waals surface area contributed by atoms with E-state index in [4.69, 9.17) is 4.74 Å². The van der Waals surface area contributed by atoms with Gasteiger partial charge in [-0.2, -0.15) is 26.3 Å². The summed E-state index contributed by atoms with van der Waals surface area (Å²) in [5, 5.41) is 1.58. The average Bonchev–Trinajstić information content (AvgIpc) is 2.89. The summed E-state index contributed by atoms with van der Waals surface area (Å²) in [6, 6.07) is 18.5. The van der Waals surface area contributed by atoms with Crippen LogP contribution in [0.25, 0.3) is 0 Å². The van der Waals surface area contributed by atoms with Crippen molar-refractivity contribution in [3.63, 3.8) is 0 Å². The van der Waals surface area contributed by atoms with Crippen molar-refractivity contribution in [2.75, 3.05) is 19.7 Å². The van der Waals surface area contributed by atoms with Crippen LogP contribution >= 0.6 is 0 Å². The molecule has 39 heavy (non-hydrogen) atoms. The fourth-order valence-corrected chi connectivity index (χ4v) is 5.77. The molecule has 4 rings (SSSR count). The van der Waals surface area contributed by atoms with Gasteiger partial charge in [0.2, 0.25) is 0 Å². The molecule has 12 heteroatoms. The van der Waals surface area contributed by atoms with Gasteiger partial charge in [0.1, 0.15) is 0 Å². The Hall–Kier alpha value is -2.93. The molecular weight excluding hydrogens is 546 g/mol. The third-order valence-corrected chi connectivity index (χ3v) is 8.10. The summed E-state index contributed by atoms with van der Waals surface area (Å²) in [7, 11) is -3.79. The number of hydrogen-bond donors (Lipinski definition) is 1. The van der Waals surface area contributed by atoms with Crippen LogP contribution in [0.4, 0.5) is 26.3 Å². The summed E-state index contributed by atoms with van der Waals surface area (Å²) in [5.41, 5.74) is -2.77. The zero-order valence-corrected chi connectivity index (χ0v) is 21.4. The van der Waals surface area contributed by atoms with E-state index < -0.39 is 45.5 Å². The van der Waals surface area contributed by atoms with Gasteiger partial charge in [-0.1, -0.05) is 48.5 Å². The maximum atomic E-state index is 13.2. The third kappa shape index (κ3) is 7.18. The Balaban J connectivity index is 1.49. The van der Waals surface area contributed by atoms with Crippen LogP contribution in [0, 0.1) is 0 Å². The highest BCUT2D eigenvalue weighted by molar-refractivity contribution is 7.89. The molecule has 0 saturated carbocycles. The zero-order valence-electron chi connectivity index (χ0n) is 20.6. The highest BCUT2D eigenvalue weighted by Gasteiger charge is 2.39. The predicted octanol–water partition coefficient (Wildman–Crippen LogP) is 6.17. The van der Waals surface area contributed by atoms with Crippen LogP contribution in [0.1, 0.15) is 35.1 Å². The molecule has 0 spiro atoms. The van der Waals surface area contributed by atoms with E-state index in [-0.39, 0.29) is 23.1 Å². The molecule has 0 bridgehead atoms. The number of alkyl halides is 6. The molecule has 3 aromatic rings. The molecule has 0 amide bonds. The van der Waals surface area contributed by atoms with Gasteiger partial charge in [0, 0.05) is 18.5 Å². The van der Waals surface area contributed by atoms with Crippen LogP contribution in [-0.2, 0) is 39.1 Å². The number of nitrogens with zero attached hydrogens (tertiary/aromatic N) is 1. The molecule has 0 aliphatic carbocycles. The van der Waals surface area contributed by atoms with Crippen LogP contribution < -0.4 is 4.83 Å². The van der Waals surface area contributed by atoms with Crippen molar-refractivity contribution < 1.29 is 39.5 Å². The fraction of sp³-hybridized carbons (Fsp3) is 0.333.